The van der Waals surface area contributed by atoms with Gasteiger partial charge in [-0.3, -0.25) is 0 Å². The maximum absolute atomic E-state index is 5.95. The lowest BCUT2D eigenvalue weighted by Gasteiger charge is -2.08. The predicted octanol–water partition coefficient (Wildman–Crippen LogP) is 4.01. The molecule has 0 aliphatic heterocycles. The molecule has 0 saturated heterocycles. The Hall–Kier alpha value is -1.17. The van der Waals surface area contributed by atoms with E-state index >= 15 is 0 Å². The fraction of sp³-hybridized carbons (Fsp3) is 0.286. The largest absolute Gasteiger partial charge is 0.473 e. The standard InChI is InChI=1S/C14H14BrClN2O2/c1-2-19-9-13-17-12(16)7-14(18-13)20-8-10-5-3-4-6-11(10)15/h3-7H,2,8-9H2,1H3. The molecule has 0 fully saturated rings. The highest BCUT2D eigenvalue weighted by Crippen LogP contribution is 2.19. The predicted molar refractivity (Wildman–Crippen MR) is 80.8 cm³/mol. The highest BCUT2D eigenvalue weighted by molar-refractivity contribution is 9.10. The number of ether oxygens (including phenoxy) is 2. The van der Waals surface area contributed by atoms with E-state index in [4.69, 9.17) is 21.1 Å². The van der Waals surface area contributed by atoms with Crippen LogP contribution in [0.1, 0.15) is 18.3 Å². The second-order valence-corrected chi connectivity index (χ2v) is 5.20. The van der Waals surface area contributed by atoms with Gasteiger partial charge in [-0.15, -0.1) is 0 Å². The summed E-state index contributed by atoms with van der Waals surface area (Å²) < 4.78 is 11.9. The Balaban J connectivity index is 2.05. The number of benzene rings is 1. The summed E-state index contributed by atoms with van der Waals surface area (Å²) in [6.45, 7) is 3.24. The molecule has 0 amide bonds. The van der Waals surface area contributed by atoms with Gasteiger partial charge in [-0.2, -0.15) is 4.98 Å². The van der Waals surface area contributed by atoms with Gasteiger partial charge in [0.1, 0.15) is 18.4 Å². The molecule has 0 N–H and O–H groups in total. The van der Waals surface area contributed by atoms with Gasteiger partial charge in [0.2, 0.25) is 5.88 Å². The first kappa shape index (κ1) is 15.2. The third kappa shape index (κ3) is 4.44. The molecule has 0 aliphatic rings. The second-order valence-electron chi connectivity index (χ2n) is 3.96. The third-order valence-electron chi connectivity index (χ3n) is 2.49. The molecule has 1 aromatic heterocycles. The summed E-state index contributed by atoms with van der Waals surface area (Å²) in [5, 5.41) is 0.344. The Morgan fingerprint density at radius 2 is 2.00 bits per heavy atom. The summed E-state index contributed by atoms with van der Waals surface area (Å²) in [4.78, 5) is 8.34. The zero-order valence-corrected chi connectivity index (χ0v) is 13.3. The van der Waals surface area contributed by atoms with Crippen molar-refractivity contribution >= 4 is 27.5 Å². The molecular formula is C14H14BrClN2O2. The Morgan fingerprint density at radius 1 is 1.20 bits per heavy atom. The average molecular weight is 358 g/mol. The summed E-state index contributed by atoms with van der Waals surface area (Å²) in [5.74, 6) is 0.955. The minimum Gasteiger partial charge on any atom is -0.473 e. The summed E-state index contributed by atoms with van der Waals surface area (Å²) in [6, 6.07) is 9.44. The molecule has 106 valence electrons. The van der Waals surface area contributed by atoms with E-state index in [0.717, 1.165) is 10.0 Å². The van der Waals surface area contributed by atoms with Crippen molar-refractivity contribution in [1.82, 2.24) is 9.97 Å². The van der Waals surface area contributed by atoms with Crippen LogP contribution in [0.2, 0.25) is 5.15 Å². The number of hydrogen-bond acceptors (Lipinski definition) is 4. The molecule has 2 rings (SSSR count). The van der Waals surface area contributed by atoms with Gasteiger partial charge in [-0.1, -0.05) is 45.7 Å². The molecule has 2 aromatic rings. The lowest BCUT2D eigenvalue weighted by Crippen LogP contribution is -2.03. The number of nitrogens with zero attached hydrogens (tertiary/aromatic N) is 2. The van der Waals surface area contributed by atoms with Crippen molar-refractivity contribution in [3.63, 3.8) is 0 Å². The number of aromatic nitrogens is 2. The van der Waals surface area contributed by atoms with Crippen molar-refractivity contribution in [3.8, 4) is 5.88 Å². The molecule has 0 saturated carbocycles. The van der Waals surface area contributed by atoms with E-state index in [-0.39, 0.29) is 0 Å². The fourth-order valence-corrected chi connectivity index (χ4v) is 2.13. The minimum atomic E-state index is 0.322. The van der Waals surface area contributed by atoms with E-state index in [1.54, 1.807) is 6.07 Å². The first-order valence-corrected chi connectivity index (χ1v) is 7.33. The Labute approximate surface area is 131 Å². The van der Waals surface area contributed by atoms with Crippen LogP contribution in [0.15, 0.2) is 34.8 Å². The first-order valence-electron chi connectivity index (χ1n) is 6.16. The van der Waals surface area contributed by atoms with Crippen LogP contribution in [-0.2, 0) is 18.0 Å². The zero-order valence-electron chi connectivity index (χ0n) is 11.0. The quantitative estimate of drug-likeness (QED) is 0.733. The zero-order chi connectivity index (χ0) is 14.4. The summed E-state index contributed by atoms with van der Waals surface area (Å²) >= 11 is 9.42. The lowest BCUT2D eigenvalue weighted by molar-refractivity contribution is 0.127. The van der Waals surface area contributed by atoms with Crippen molar-refractivity contribution in [3.05, 3.63) is 51.3 Å². The second kappa shape index (κ2) is 7.57. The van der Waals surface area contributed by atoms with E-state index in [2.05, 4.69) is 25.9 Å². The maximum atomic E-state index is 5.95. The molecule has 4 nitrogen and oxygen atoms in total. The van der Waals surface area contributed by atoms with Crippen LogP contribution in [-0.4, -0.2) is 16.6 Å². The van der Waals surface area contributed by atoms with Gasteiger partial charge in [-0.05, 0) is 13.0 Å². The molecule has 0 atom stereocenters. The Kier molecular flexibility index (Phi) is 5.76. The van der Waals surface area contributed by atoms with Gasteiger partial charge in [-0.25, -0.2) is 4.98 Å². The summed E-state index contributed by atoms with van der Waals surface area (Å²) in [5.41, 5.74) is 1.04. The van der Waals surface area contributed by atoms with Crippen LogP contribution in [0.3, 0.4) is 0 Å². The molecule has 1 heterocycles. The number of halogens is 2. The van der Waals surface area contributed by atoms with Crippen molar-refractivity contribution in [2.45, 2.75) is 20.1 Å². The number of rotatable bonds is 6. The van der Waals surface area contributed by atoms with E-state index in [9.17, 15) is 0 Å². The van der Waals surface area contributed by atoms with E-state index in [1.165, 1.54) is 0 Å². The van der Waals surface area contributed by atoms with Crippen LogP contribution >= 0.6 is 27.5 Å². The molecule has 20 heavy (non-hydrogen) atoms. The van der Waals surface area contributed by atoms with Gasteiger partial charge in [0.25, 0.3) is 0 Å². The SMILES string of the molecule is CCOCc1nc(Cl)cc(OCc2ccccc2Br)n1. The smallest absolute Gasteiger partial charge is 0.218 e. The molecule has 0 spiro atoms. The molecule has 6 heteroatoms. The Bertz CT molecular complexity index is 581. The van der Waals surface area contributed by atoms with E-state index in [0.29, 0.717) is 36.7 Å². The molecular weight excluding hydrogens is 344 g/mol. The molecule has 1 aromatic carbocycles. The normalized spacial score (nSPS) is 10.6. The molecule has 0 aliphatic carbocycles. The minimum absolute atomic E-state index is 0.322. The monoisotopic (exact) mass is 356 g/mol. The third-order valence-corrected chi connectivity index (χ3v) is 3.45. The van der Waals surface area contributed by atoms with Gasteiger partial charge < -0.3 is 9.47 Å². The Morgan fingerprint density at radius 3 is 2.75 bits per heavy atom. The van der Waals surface area contributed by atoms with Gasteiger partial charge in [0, 0.05) is 22.7 Å². The van der Waals surface area contributed by atoms with Crippen LogP contribution in [0.5, 0.6) is 5.88 Å². The fourth-order valence-electron chi connectivity index (χ4n) is 1.54. The van der Waals surface area contributed by atoms with Crippen molar-refractivity contribution < 1.29 is 9.47 Å². The summed E-state index contributed by atoms with van der Waals surface area (Å²) in [7, 11) is 0. The topological polar surface area (TPSA) is 44.2 Å². The van der Waals surface area contributed by atoms with Gasteiger partial charge in [0.05, 0.1) is 0 Å². The van der Waals surface area contributed by atoms with E-state index < -0.39 is 0 Å². The maximum Gasteiger partial charge on any atom is 0.218 e. The lowest BCUT2D eigenvalue weighted by atomic mass is 10.2. The first-order chi connectivity index (χ1) is 9.69. The van der Waals surface area contributed by atoms with Crippen molar-refractivity contribution in [1.29, 1.82) is 0 Å². The number of hydrogen-bond donors (Lipinski definition) is 0. The van der Waals surface area contributed by atoms with Crippen LogP contribution in [0.4, 0.5) is 0 Å². The molecule has 0 bridgehead atoms. The molecule has 0 unspecified atom stereocenters. The van der Waals surface area contributed by atoms with Gasteiger partial charge >= 0.3 is 0 Å². The van der Waals surface area contributed by atoms with Crippen LogP contribution in [0, 0.1) is 0 Å². The van der Waals surface area contributed by atoms with Crippen molar-refractivity contribution in [2.24, 2.45) is 0 Å². The van der Waals surface area contributed by atoms with Crippen LogP contribution < -0.4 is 4.74 Å². The van der Waals surface area contributed by atoms with Crippen molar-refractivity contribution in [2.75, 3.05) is 6.61 Å². The highest BCUT2D eigenvalue weighted by atomic mass is 79.9. The van der Waals surface area contributed by atoms with E-state index in [1.807, 2.05) is 31.2 Å². The highest BCUT2D eigenvalue weighted by Gasteiger charge is 2.06. The van der Waals surface area contributed by atoms with Crippen LogP contribution in [0.25, 0.3) is 0 Å². The average Bonchev–Trinajstić information content (AvgIpc) is 2.44. The van der Waals surface area contributed by atoms with Gasteiger partial charge in [0.15, 0.2) is 5.82 Å². The molecule has 0 radical (unpaired) electrons. The summed E-state index contributed by atoms with van der Waals surface area (Å²) in [6.07, 6.45) is 0.